The largest absolute Gasteiger partial charge is 0.456 e. The molecule has 0 saturated carbocycles. The fraction of sp³-hybridized carbons (Fsp3) is 0.345. The molecule has 0 radical (unpaired) electrons. The summed E-state index contributed by atoms with van der Waals surface area (Å²) in [5.74, 6) is 1.96. The number of likely N-dealkylation sites (N-methyl/N-ethyl adjacent to an activating group) is 2. The summed E-state index contributed by atoms with van der Waals surface area (Å²) >= 11 is 0. The molecule has 0 saturated heterocycles. The summed E-state index contributed by atoms with van der Waals surface area (Å²) in [5, 5.41) is 2.56. The van der Waals surface area contributed by atoms with E-state index < -0.39 is 0 Å². The van der Waals surface area contributed by atoms with Gasteiger partial charge in [-0.25, -0.2) is 4.58 Å². The number of anilines is 2. The Balaban J connectivity index is 1.64. The van der Waals surface area contributed by atoms with Crippen molar-refractivity contribution in [1.29, 1.82) is 0 Å². The van der Waals surface area contributed by atoms with E-state index in [0.29, 0.717) is 0 Å². The van der Waals surface area contributed by atoms with Crippen LogP contribution in [0.4, 0.5) is 11.4 Å². The smallest absolute Gasteiger partial charge is 0.207 e. The van der Waals surface area contributed by atoms with Gasteiger partial charge in [-0.1, -0.05) is 12.1 Å². The van der Waals surface area contributed by atoms with Gasteiger partial charge in [0.05, 0.1) is 6.07 Å². The maximum atomic E-state index is 6.64. The Morgan fingerprint density at radius 1 is 0.939 bits per heavy atom. The second-order valence-corrected chi connectivity index (χ2v) is 9.53. The van der Waals surface area contributed by atoms with Gasteiger partial charge in [-0.05, 0) is 55.7 Å². The normalized spacial score (nSPS) is 15.7. The molecule has 0 amide bonds. The first-order chi connectivity index (χ1) is 16.1. The van der Waals surface area contributed by atoms with Gasteiger partial charge < -0.3 is 14.5 Å². The summed E-state index contributed by atoms with van der Waals surface area (Å²) in [4.78, 5) is 4.61. The third-order valence-corrected chi connectivity index (χ3v) is 7.54. The Hall–Kier alpha value is -3.27. The lowest BCUT2D eigenvalue weighted by atomic mass is 9.90. The van der Waals surface area contributed by atoms with Gasteiger partial charge in [0.2, 0.25) is 5.36 Å². The van der Waals surface area contributed by atoms with Crippen molar-refractivity contribution in [2.45, 2.75) is 26.7 Å². The molecule has 33 heavy (non-hydrogen) atoms. The molecule has 168 valence electrons. The first-order valence-electron chi connectivity index (χ1n) is 12.2. The van der Waals surface area contributed by atoms with Gasteiger partial charge >= 0.3 is 0 Å². The Morgan fingerprint density at radius 3 is 2.48 bits per heavy atom. The van der Waals surface area contributed by atoms with Crippen LogP contribution in [0.5, 0.6) is 11.5 Å². The van der Waals surface area contributed by atoms with Crippen LogP contribution in [0.2, 0.25) is 0 Å². The van der Waals surface area contributed by atoms with E-state index in [2.05, 4.69) is 90.8 Å². The van der Waals surface area contributed by atoms with E-state index >= 15 is 0 Å². The number of rotatable bonds is 4. The van der Waals surface area contributed by atoms with Crippen molar-refractivity contribution < 1.29 is 4.74 Å². The minimum absolute atomic E-state index is 0.981. The van der Waals surface area contributed by atoms with E-state index in [4.69, 9.17) is 4.74 Å². The van der Waals surface area contributed by atoms with Gasteiger partial charge in [0, 0.05) is 73.0 Å². The number of hydrogen-bond acceptors (Lipinski definition) is 3. The summed E-state index contributed by atoms with van der Waals surface area (Å²) in [5.41, 5.74) is 9.19. The Bertz CT molecular complexity index is 1390. The van der Waals surface area contributed by atoms with Crippen LogP contribution in [0.3, 0.4) is 0 Å². The van der Waals surface area contributed by atoms with Gasteiger partial charge in [0.25, 0.3) is 0 Å². The summed E-state index contributed by atoms with van der Waals surface area (Å²) in [7, 11) is 4.18. The fourth-order valence-corrected chi connectivity index (χ4v) is 5.69. The maximum Gasteiger partial charge on any atom is 0.207 e. The number of ether oxygens (including phenoxy) is 1. The molecule has 4 heteroatoms. The maximum absolute atomic E-state index is 6.64. The molecule has 0 aromatic heterocycles. The van der Waals surface area contributed by atoms with Crippen LogP contribution < -0.4 is 29.7 Å². The molecule has 3 aliphatic rings. The predicted molar refractivity (Wildman–Crippen MR) is 137 cm³/mol. The molecule has 3 heterocycles. The van der Waals surface area contributed by atoms with Crippen molar-refractivity contribution in [2.24, 2.45) is 0 Å². The Kier molecular flexibility index (Phi) is 4.72. The van der Waals surface area contributed by atoms with Crippen molar-refractivity contribution in [3.05, 3.63) is 81.4 Å². The molecule has 0 aliphatic carbocycles. The molecule has 0 fully saturated rings. The van der Waals surface area contributed by atoms with E-state index in [-0.39, 0.29) is 0 Å². The zero-order valence-electron chi connectivity index (χ0n) is 20.1. The minimum Gasteiger partial charge on any atom is -0.456 e. The molecular formula is C29H32N3O+. The van der Waals surface area contributed by atoms with Crippen LogP contribution >= 0.6 is 0 Å². The lowest BCUT2D eigenvalue weighted by Crippen LogP contribution is -2.28. The van der Waals surface area contributed by atoms with E-state index in [1.54, 1.807) is 0 Å². The van der Waals surface area contributed by atoms with Crippen molar-refractivity contribution in [2.75, 3.05) is 50.1 Å². The standard InChI is InChI=1S/C29H32N3O/c1-5-31-13-11-20-15-23-27(17-25(20)31)33-28-18-26-21(12-14-32(26)6-2)16-24(28)29(23)19-7-9-22(10-8-19)30(3)4/h7-10,15-18H,5-6,11-14H2,1-4H3/q+1. The van der Waals surface area contributed by atoms with Crippen molar-refractivity contribution >= 4 is 16.9 Å². The zero-order valence-corrected chi connectivity index (χ0v) is 20.1. The first-order valence-corrected chi connectivity index (χ1v) is 12.2. The van der Waals surface area contributed by atoms with Crippen molar-refractivity contribution in [3.8, 4) is 11.5 Å². The first kappa shape index (κ1) is 20.3. The van der Waals surface area contributed by atoms with Gasteiger partial charge in [-0.2, -0.15) is 0 Å². The second kappa shape index (κ2) is 7.65. The minimum atomic E-state index is 0.981. The number of benzene rings is 3. The van der Waals surface area contributed by atoms with Crippen LogP contribution in [-0.2, 0) is 12.8 Å². The van der Waals surface area contributed by atoms with Gasteiger partial charge in [-0.15, -0.1) is 0 Å². The summed E-state index contributed by atoms with van der Waals surface area (Å²) in [6, 6.07) is 18.3. The summed E-state index contributed by atoms with van der Waals surface area (Å²) in [6.07, 6.45) is 2.21. The average Bonchev–Trinajstić information content (AvgIpc) is 3.42. The van der Waals surface area contributed by atoms with Gasteiger partial charge in [-0.3, -0.25) is 0 Å². The SMILES string of the molecule is CCN1CCc2cc3c(cc21)Oc1cc2c(cc1=C3c1ccc(N(C)C)cc1)CC[N+]=2CC. The Morgan fingerprint density at radius 2 is 1.76 bits per heavy atom. The molecule has 0 spiro atoms. The summed E-state index contributed by atoms with van der Waals surface area (Å²) in [6.45, 7) is 8.71. The number of hydrogen-bond donors (Lipinski definition) is 0. The van der Waals surface area contributed by atoms with Gasteiger partial charge in [0.15, 0.2) is 0 Å². The highest BCUT2D eigenvalue weighted by atomic mass is 16.5. The topological polar surface area (TPSA) is 18.7 Å². The van der Waals surface area contributed by atoms with Crippen molar-refractivity contribution in [1.82, 2.24) is 4.58 Å². The highest BCUT2D eigenvalue weighted by Crippen LogP contribution is 2.42. The monoisotopic (exact) mass is 438 g/mol. The van der Waals surface area contributed by atoms with E-state index in [0.717, 1.165) is 50.5 Å². The second-order valence-electron chi connectivity index (χ2n) is 9.53. The molecule has 0 bridgehead atoms. The molecule has 6 rings (SSSR count). The van der Waals surface area contributed by atoms with Crippen LogP contribution in [0, 0.1) is 0 Å². The van der Waals surface area contributed by atoms with E-state index in [9.17, 15) is 0 Å². The van der Waals surface area contributed by atoms with E-state index in [1.165, 1.54) is 49.8 Å². The van der Waals surface area contributed by atoms with Crippen LogP contribution in [0.1, 0.15) is 36.1 Å². The predicted octanol–water partition coefficient (Wildman–Crippen LogP) is 3.56. The molecule has 0 unspecified atom stereocenters. The molecule has 3 aromatic rings. The average molecular weight is 439 g/mol. The fourth-order valence-electron chi connectivity index (χ4n) is 5.69. The van der Waals surface area contributed by atoms with Crippen molar-refractivity contribution in [3.63, 3.8) is 0 Å². The number of nitrogens with zero attached hydrogens (tertiary/aromatic N) is 3. The molecule has 0 N–H and O–H groups in total. The van der Waals surface area contributed by atoms with E-state index in [1.807, 2.05) is 0 Å². The van der Waals surface area contributed by atoms with Gasteiger partial charge in [0.1, 0.15) is 24.6 Å². The lowest BCUT2D eigenvalue weighted by Gasteiger charge is -2.24. The van der Waals surface area contributed by atoms with Crippen LogP contribution in [0.25, 0.3) is 5.57 Å². The molecule has 3 aromatic carbocycles. The molecular weight excluding hydrogens is 406 g/mol. The zero-order chi connectivity index (χ0) is 22.7. The highest BCUT2D eigenvalue weighted by molar-refractivity contribution is 5.87. The third-order valence-electron chi connectivity index (χ3n) is 7.54. The van der Waals surface area contributed by atoms with Crippen LogP contribution in [-0.4, -0.2) is 40.3 Å². The quantitative estimate of drug-likeness (QED) is 0.454. The molecule has 0 atom stereocenters. The van der Waals surface area contributed by atoms with Crippen LogP contribution in [0.15, 0.2) is 48.5 Å². The third kappa shape index (κ3) is 3.15. The Labute approximate surface area is 196 Å². The highest BCUT2D eigenvalue weighted by Gasteiger charge is 2.28. The molecule has 3 aliphatic heterocycles. The molecule has 4 nitrogen and oxygen atoms in total. The number of fused-ring (bicyclic) bond motifs is 4. The summed E-state index contributed by atoms with van der Waals surface area (Å²) < 4.78 is 9.10. The lowest BCUT2D eigenvalue weighted by molar-refractivity contribution is 0.470.